The summed E-state index contributed by atoms with van der Waals surface area (Å²) in [6.07, 6.45) is 4.51. The Morgan fingerprint density at radius 2 is 2.24 bits per heavy atom. The second-order valence-electron chi connectivity index (χ2n) is 6.20. The van der Waals surface area contributed by atoms with Gasteiger partial charge in [-0.25, -0.2) is 4.98 Å². The van der Waals surface area contributed by atoms with Crippen LogP contribution in [0.15, 0.2) is 30.7 Å². The van der Waals surface area contributed by atoms with Gasteiger partial charge in [0.15, 0.2) is 5.65 Å². The molecular formula is C16H19N7O2. The van der Waals surface area contributed by atoms with E-state index in [1.54, 1.807) is 23.8 Å². The Hall–Kier alpha value is -2.94. The number of methoxy groups -OCH3 is 1. The van der Waals surface area contributed by atoms with Gasteiger partial charge in [-0.15, -0.1) is 10.2 Å². The first-order valence-electron chi connectivity index (χ1n) is 8.05. The second kappa shape index (κ2) is 6.17. The number of hydrogen-bond acceptors (Lipinski definition) is 8. The lowest BCUT2D eigenvalue weighted by molar-refractivity contribution is 0.0339. The average Bonchev–Trinajstić information content (AvgIpc) is 3.06. The van der Waals surface area contributed by atoms with E-state index >= 15 is 0 Å². The van der Waals surface area contributed by atoms with Crippen LogP contribution in [0.2, 0.25) is 0 Å². The van der Waals surface area contributed by atoms with Crippen LogP contribution < -0.4 is 15.8 Å². The Kier molecular flexibility index (Phi) is 3.85. The molecule has 0 spiro atoms. The van der Waals surface area contributed by atoms with E-state index in [1.807, 2.05) is 12.1 Å². The molecule has 0 aromatic carbocycles. The van der Waals surface area contributed by atoms with Crippen molar-refractivity contribution in [3.05, 3.63) is 36.3 Å². The quantitative estimate of drug-likeness (QED) is 0.629. The van der Waals surface area contributed by atoms with Crippen LogP contribution in [-0.2, 0) is 0 Å². The van der Waals surface area contributed by atoms with Gasteiger partial charge in [-0.2, -0.15) is 4.98 Å². The molecule has 1 aliphatic carbocycles. The fourth-order valence-electron chi connectivity index (χ4n) is 3.16. The van der Waals surface area contributed by atoms with Gasteiger partial charge in [-0.3, -0.25) is 4.40 Å². The molecule has 0 bridgehead atoms. The molecule has 1 atom stereocenters. The smallest absolute Gasteiger partial charge is 0.212 e. The van der Waals surface area contributed by atoms with Gasteiger partial charge in [-0.1, -0.05) is 6.07 Å². The summed E-state index contributed by atoms with van der Waals surface area (Å²) in [5.41, 5.74) is 7.58. The van der Waals surface area contributed by atoms with Gasteiger partial charge in [0, 0.05) is 18.3 Å². The Balaban J connectivity index is 1.64. The first-order valence-corrected chi connectivity index (χ1v) is 8.05. The minimum absolute atomic E-state index is 0.0425. The van der Waals surface area contributed by atoms with Crippen molar-refractivity contribution in [3.63, 3.8) is 0 Å². The summed E-state index contributed by atoms with van der Waals surface area (Å²) in [6, 6.07) is 5.54. The molecule has 3 heterocycles. The van der Waals surface area contributed by atoms with Crippen LogP contribution >= 0.6 is 0 Å². The standard InChI is InChI=1S/C16H19N7O2/c1-25-14-3-2-9(7-18-14)15(10-4-11(24)5-10)20-12-6-13-22-19-8-23(13)16(17)21-12/h2-3,6-8,10-11,15,20,24H,4-5H2,1H3,(H2,17,21)/t10?,11?,15-/m1/s1. The van der Waals surface area contributed by atoms with Gasteiger partial charge in [0.1, 0.15) is 12.1 Å². The van der Waals surface area contributed by atoms with Crippen molar-refractivity contribution in [2.45, 2.75) is 25.0 Å². The lowest BCUT2D eigenvalue weighted by atomic mass is 9.75. The highest BCUT2D eigenvalue weighted by Crippen LogP contribution is 2.40. The summed E-state index contributed by atoms with van der Waals surface area (Å²) in [4.78, 5) is 8.66. The molecule has 4 rings (SSSR count). The largest absolute Gasteiger partial charge is 0.481 e. The monoisotopic (exact) mass is 341 g/mol. The Labute approximate surface area is 143 Å². The van der Waals surface area contributed by atoms with Gasteiger partial charge in [0.2, 0.25) is 11.8 Å². The number of nitrogens with zero attached hydrogens (tertiary/aromatic N) is 5. The zero-order valence-electron chi connectivity index (χ0n) is 13.7. The first-order chi connectivity index (χ1) is 12.1. The van der Waals surface area contributed by atoms with Gasteiger partial charge in [0.05, 0.1) is 19.3 Å². The Bertz CT molecular complexity index is 874. The van der Waals surface area contributed by atoms with Crippen molar-refractivity contribution in [2.75, 3.05) is 18.2 Å². The number of aliphatic hydroxyl groups is 1. The minimum Gasteiger partial charge on any atom is -0.481 e. The van der Waals surface area contributed by atoms with E-state index in [-0.39, 0.29) is 18.1 Å². The van der Waals surface area contributed by atoms with Crippen LogP contribution in [-0.4, -0.2) is 42.9 Å². The van der Waals surface area contributed by atoms with E-state index in [1.165, 1.54) is 6.33 Å². The van der Waals surface area contributed by atoms with Crippen LogP contribution in [0.1, 0.15) is 24.4 Å². The Morgan fingerprint density at radius 1 is 1.40 bits per heavy atom. The number of ether oxygens (including phenoxy) is 1. The van der Waals surface area contributed by atoms with Gasteiger partial charge >= 0.3 is 0 Å². The molecule has 130 valence electrons. The van der Waals surface area contributed by atoms with E-state index in [0.29, 0.717) is 23.3 Å². The van der Waals surface area contributed by atoms with Crippen molar-refractivity contribution in [2.24, 2.45) is 5.92 Å². The number of pyridine rings is 1. The van der Waals surface area contributed by atoms with Crippen LogP contribution in [0.3, 0.4) is 0 Å². The predicted molar refractivity (Wildman–Crippen MR) is 91.1 cm³/mol. The van der Waals surface area contributed by atoms with Crippen LogP contribution in [0.5, 0.6) is 5.88 Å². The van der Waals surface area contributed by atoms with Crippen molar-refractivity contribution < 1.29 is 9.84 Å². The maximum Gasteiger partial charge on any atom is 0.212 e. The summed E-state index contributed by atoms with van der Waals surface area (Å²) in [5.74, 6) is 1.76. The van der Waals surface area contributed by atoms with E-state index in [2.05, 4.69) is 25.5 Å². The number of nitrogens with two attached hydrogens (primary N) is 1. The molecule has 0 unspecified atom stereocenters. The van der Waals surface area contributed by atoms with Crippen LogP contribution in [0.25, 0.3) is 5.65 Å². The number of nitrogens with one attached hydrogen (secondary N) is 1. The fraction of sp³-hybridized carbons (Fsp3) is 0.375. The SMILES string of the molecule is COc1ccc([C@@H](Nc2cc3nncn3c(N)n2)C2CC(O)C2)cn1. The molecule has 9 heteroatoms. The average molecular weight is 341 g/mol. The lowest BCUT2D eigenvalue weighted by Gasteiger charge is -2.38. The third kappa shape index (κ3) is 2.93. The lowest BCUT2D eigenvalue weighted by Crippen LogP contribution is -2.36. The third-order valence-electron chi connectivity index (χ3n) is 4.57. The molecule has 1 saturated carbocycles. The molecule has 25 heavy (non-hydrogen) atoms. The summed E-state index contributed by atoms with van der Waals surface area (Å²) in [6.45, 7) is 0. The number of fused-ring (bicyclic) bond motifs is 1. The van der Waals surface area contributed by atoms with Crippen LogP contribution in [0.4, 0.5) is 11.8 Å². The molecule has 9 nitrogen and oxygen atoms in total. The van der Waals surface area contributed by atoms with Crippen molar-refractivity contribution >= 4 is 17.4 Å². The van der Waals surface area contributed by atoms with E-state index in [9.17, 15) is 5.11 Å². The van der Waals surface area contributed by atoms with E-state index in [0.717, 1.165) is 18.4 Å². The Morgan fingerprint density at radius 3 is 2.92 bits per heavy atom. The third-order valence-corrected chi connectivity index (χ3v) is 4.57. The molecule has 0 aliphatic heterocycles. The van der Waals surface area contributed by atoms with Gasteiger partial charge in [-0.05, 0) is 24.3 Å². The molecule has 1 fully saturated rings. The van der Waals surface area contributed by atoms with Crippen LogP contribution in [0, 0.1) is 5.92 Å². The number of aromatic nitrogens is 5. The molecule has 0 amide bonds. The summed E-state index contributed by atoms with van der Waals surface area (Å²) in [5, 5.41) is 21.0. The van der Waals surface area contributed by atoms with Crippen molar-refractivity contribution in [3.8, 4) is 5.88 Å². The molecule has 3 aromatic heterocycles. The van der Waals surface area contributed by atoms with E-state index in [4.69, 9.17) is 10.5 Å². The van der Waals surface area contributed by atoms with Gasteiger partial charge in [0.25, 0.3) is 0 Å². The number of rotatable bonds is 5. The fourth-order valence-corrected chi connectivity index (χ4v) is 3.16. The topological polar surface area (TPSA) is 123 Å². The molecule has 0 radical (unpaired) electrons. The van der Waals surface area contributed by atoms with Crippen molar-refractivity contribution in [1.29, 1.82) is 0 Å². The number of hydrogen-bond donors (Lipinski definition) is 3. The van der Waals surface area contributed by atoms with Crippen molar-refractivity contribution in [1.82, 2.24) is 24.6 Å². The van der Waals surface area contributed by atoms with E-state index < -0.39 is 0 Å². The molecular weight excluding hydrogens is 322 g/mol. The second-order valence-corrected chi connectivity index (χ2v) is 6.20. The first kappa shape index (κ1) is 15.6. The highest BCUT2D eigenvalue weighted by atomic mass is 16.5. The zero-order chi connectivity index (χ0) is 17.4. The minimum atomic E-state index is -0.252. The highest BCUT2D eigenvalue weighted by Gasteiger charge is 2.35. The molecule has 0 saturated heterocycles. The summed E-state index contributed by atoms with van der Waals surface area (Å²) < 4.78 is 6.74. The maximum absolute atomic E-state index is 9.70. The molecule has 1 aliphatic rings. The summed E-state index contributed by atoms with van der Waals surface area (Å²) >= 11 is 0. The molecule has 3 aromatic rings. The number of aliphatic hydroxyl groups excluding tert-OH is 1. The predicted octanol–water partition coefficient (Wildman–Crippen LogP) is 1.03. The number of anilines is 2. The number of nitrogen functional groups attached to an aromatic ring is 1. The summed E-state index contributed by atoms with van der Waals surface area (Å²) in [7, 11) is 1.58. The highest BCUT2D eigenvalue weighted by molar-refractivity contribution is 5.54. The maximum atomic E-state index is 9.70. The molecule has 4 N–H and O–H groups in total. The normalized spacial score (nSPS) is 20.9. The van der Waals surface area contributed by atoms with Gasteiger partial charge < -0.3 is 20.9 Å². The zero-order valence-corrected chi connectivity index (χ0v) is 13.7.